The average Bonchev–Trinajstić information content (AvgIpc) is 2.30. The first-order chi connectivity index (χ1) is 5.91. The molecule has 1 aliphatic rings. The molecule has 0 saturated carbocycles. The van der Waals surface area contributed by atoms with Gasteiger partial charge in [-0.2, -0.15) is 0 Å². The highest BCUT2D eigenvalue weighted by atomic mass is 32.2. The summed E-state index contributed by atoms with van der Waals surface area (Å²) in [5, 5.41) is 0. The molecule has 1 atom stereocenters. The SMILES string of the molecule is CC(C)C(N)=NC1CCS(=O)(=O)C1. The van der Waals surface area contributed by atoms with E-state index >= 15 is 0 Å². The Bertz CT molecular complexity index is 306. The van der Waals surface area contributed by atoms with Crippen molar-refractivity contribution in [2.75, 3.05) is 11.5 Å². The molecule has 0 aromatic rings. The molecule has 0 aliphatic carbocycles. The Morgan fingerprint density at radius 1 is 1.54 bits per heavy atom. The normalized spacial score (nSPS) is 28.2. The van der Waals surface area contributed by atoms with Crippen LogP contribution in [-0.2, 0) is 9.84 Å². The molecule has 1 fully saturated rings. The van der Waals surface area contributed by atoms with Gasteiger partial charge in [0.05, 0.1) is 23.4 Å². The summed E-state index contributed by atoms with van der Waals surface area (Å²) >= 11 is 0. The fourth-order valence-corrected chi connectivity index (χ4v) is 2.86. The monoisotopic (exact) mass is 204 g/mol. The summed E-state index contributed by atoms with van der Waals surface area (Å²) in [5.74, 6) is 1.18. The fraction of sp³-hybridized carbons (Fsp3) is 0.875. The van der Waals surface area contributed by atoms with Crippen LogP contribution in [0.25, 0.3) is 0 Å². The minimum absolute atomic E-state index is 0.104. The van der Waals surface area contributed by atoms with Crippen molar-refractivity contribution in [2.24, 2.45) is 16.6 Å². The Kier molecular flexibility index (Phi) is 2.95. The number of amidine groups is 1. The molecule has 0 aromatic heterocycles. The number of sulfone groups is 1. The van der Waals surface area contributed by atoms with E-state index in [9.17, 15) is 8.42 Å². The van der Waals surface area contributed by atoms with Crippen molar-refractivity contribution >= 4 is 15.7 Å². The van der Waals surface area contributed by atoms with Gasteiger partial charge in [-0.1, -0.05) is 13.8 Å². The summed E-state index contributed by atoms with van der Waals surface area (Å²) in [6.45, 7) is 3.89. The van der Waals surface area contributed by atoms with E-state index in [4.69, 9.17) is 5.73 Å². The molecule has 1 unspecified atom stereocenters. The van der Waals surface area contributed by atoms with Gasteiger partial charge in [0.1, 0.15) is 0 Å². The summed E-state index contributed by atoms with van der Waals surface area (Å²) in [4.78, 5) is 4.19. The fourth-order valence-electron chi connectivity index (χ4n) is 1.24. The quantitative estimate of drug-likeness (QED) is 0.515. The first kappa shape index (κ1) is 10.5. The van der Waals surface area contributed by atoms with E-state index in [2.05, 4.69) is 4.99 Å². The standard InChI is InChI=1S/C8H16N2O2S/c1-6(2)8(9)10-7-3-4-13(11,12)5-7/h6-7H,3-5H2,1-2H3,(H2,9,10). The van der Waals surface area contributed by atoms with E-state index < -0.39 is 9.84 Å². The second kappa shape index (κ2) is 3.65. The van der Waals surface area contributed by atoms with E-state index in [1.54, 1.807) is 0 Å². The van der Waals surface area contributed by atoms with Crippen LogP contribution in [0.4, 0.5) is 0 Å². The molecular formula is C8H16N2O2S. The second-order valence-corrected chi connectivity index (χ2v) is 5.99. The Morgan fingerprint density at radius 2 is 2.15 bits per heavy atom. The van der Waals surface area contributed by atoms with Crippen LogP contribution in [-0.4, -0.2) is 31.8 Å². The Hall–Kier alpha value is -0.580. The van der Waals surface area contributed by atoms with Crippen molar-refractivity contribution in [1.82, 2.24) is 0 Å². The summed E-state index contributed by atoms with van der Waals surface area (Å²) in [6, 6.07) is -0.104. The minimum Gasteiger partial charge on any atom is -0.387 e. The van der Waals surface area contributed by atoms with Crippen LogP contribution in [0.15, 0.2) is 4.99 Å². The van der Waals surface area contributed by atoms with Gasteiger partial charge in [-0.15, -0.1) is 0 Å². The molecule has 0 radical (unpaired) electrons. The Morgan fingerprint density at radius 3 is 2.54 bits per heavy atom. The van der Waals surface area contributed by atoms with E-state index in [0.717, 1.165) is 0 Å². The zero-order valence-electron chi connectivity index (χ0n) is 8.03. The van der Waals surface area contributed by atoms with Crippen molar-refractivity contribution in [3.05, 3.63) is 0 Å². The predicted octanol–water partition coefficient (Wildman–Crippen LogP) is 0.187. The number of rotatable bonds is 2. The van der Waals surface area contributed by atoms with Crippen molar-refractivity contribution in [1.29, 1.82) is 0 Å². The number of nitrogens with two attached hydrogens (primary N) is 1. The average molecular weight is 204 g/mol. The van der Waals surface area contributed by atoms with Gasteiger partial charge in [-0.05, 0) is 6.42 Å². The molecule has 2 N–H and O–H groups in total. The van der Waals surface area contributed by atoms with Crippen molar-refractivity contribution < 1.29 is 8.42 Å². The van der Waals surface area contributed by atoms with Gasteiger partial charge in [0.25, 0.3) is 0 Å². The molecule has 76 valence electrons. The topological polar surface area (TPSA) is 72.5 Å². The van der Waals surface area contributed by atoms with Gasteiger partial charge < -0.3 is 5.73 Å². The summed E-state index contributed by atoms with van der Waals surface area (Å²) in [7, 11) is -2.83. The highest BCUT2D eigenvalue weighted by molar-refractivity contribution is 7.91. The first-order valence-electron chi connectivity index (χ1n) is 4.44. The Balaban J connectivity index is 2.63. The maximum absolute atomic E-state index is 11.1. The van der Waals surface area contributed by atoms with Gasteiger partial charge in [0.2, 0.25) is 0 Å². The largest absolute Gasteiger partial charge is 0.387 e. The van der Waals surface area contributed by atoms with Crippen molar-refractivity contribution in [3.8, 4) is 0 Å². The lowest BCUT2D eigenvalue weighted by molar-refractivity contribution is 0.601. The predicted molar refractivity (Wildman–Crippen MR) is 53.5 cm³/mol. The lowest BCUT2D eigenvalue weighted by Crippen LogP contribution is -2.22. The third-order valence-corrected chi connectivity index (χ3v) is 3.88. The van der Waals surface area contributed by atoms with Gasteiger partial charge in [0.15, 0.2) is 9.84 Å². The molecule has 13 heavy (non-hydrogen) atoms. The molecule has 0 bridgehead atoms. The molecule has 1 aliphatic heterocycles. The third kappa shape index (κ3) is 2.99. The summed E-state index contributed by atoms with van der Waals surface area (Å²) in [5.41, 5.74) is 5.64. The van der Waals surface area contributed by atoms with Gasteiger partial charge >= 0.3 is 0 Å². The van der Waals surface area contributed by atoms with E-state index in [1.165, 1.54) is 0 Å². The van der Waals surface area contributed by atoms with E-state index in [-0.39, 0.29) is 23.5 Å². The number of hydrogen-bond donors (Lipinski definition) is 1. The lowest BCUT2D eigenvalue weighted by Gasteiger charge is -2.06. The molecule has 4 nitrogen and oxygen atoms in total. The smallest absolute Gasteiger partial charge is 0.152 e. The van der Waals surface area contributed by atoms with Crippen LogP contribution in [0.2, 0.25) is 0 Å². The number of aliphatic imine (C=N–C) groups is 1. The van der Waals surface area contributed by atoms with Crippen LogP contribution >= 0.6 is 0 Å². The zero-order valence-corrected chi connectivity index (χ0v) is 8.84. The van der Waals surface area contributed by atoms with Gasteiger partial charge in [0, 0.05) is 5.92 Å². The summed E-state index contributed by atoms with van der Waals surface area (Å²) in [6.07, 6.45) is 0.621. The number of hydrogen-bond acceptors (Lipinski definition) is 3. The van der Waals surface area contributed by atoms with Gasteiger partial charge in [-0.3, -0.25) is 4.99 Å². The minimum atomic E-state index is -2.83. The molecule has 1 rings (SSSR count). The Labute approximate surface area is 79.1 Å². The van der Waals surface area contributed by atoms with Crippen molar-refractivity contribution in [3.63, 3.8) is 0 Å². The highest BCUT2D eigenvalue weighted by Crippen LogP contribution is 2.15. The number of nitrogens with zero attached hydrogens (tertiary/aromatic N) is 1. The maximum Gasteiger partial charge on any atom is 0.152 e. The van der Waals surface area contributed by atoms with Crippen LogP contribution in [0.1, 0.15) is 20.3 Å². The highest BCUT2D eigenvalue weighted by Gasteiger charge is 2.27. The second-order valence-electron chi connectivity index (χ2n) is 3.77. The van der Waals surface area contributed by atoms with Crippen LogP contribution < -0.4 is 5.73 Å². The third-order valence-electron chi connectivity index (χ3n) is 2.13. The molecule has 0 aromatic carbocycles. The molecule has 5 heteroatoms. The maximum atomic E-state index is 11.1. The van der Waals surface area contributed by atoms with Crippen LogP contribution in [0.3, 0.4) is 0 Å². The molecule has 0 amide bonds. The van der Waals surface area contributed by atoms with Crippen molar-refractivity contribution in [2.45, 2.75) is 26.3 Å². The van der Waals surface area contributed by atoms with E-state index in [1.807, 2.05) is 13.8 Å². The molecular weight excluding hydrogens is 188 g/mol. The lowest BCUT2D eigenvalue weighted by atomic mass is 10.2. The van der Waals surface area contributed by atoms with Crippen LogP contribution in [0, 0.1) is 5.92 Å². The molecule has 0 spiro atoms. The first-order valence-corrected chi connectivity index (χ1v) is 6.26. The summed E-state index contributed by atoms with van der Waals surface area (Å²) < 4.78 is 22.2. The van der Waals surface area contributed by atoms with Crippen LogP contribution in [0.5, 0.6) is 0 Å². The van der Waals surface area contributed by atoms with Gasteiger partial charge in [-0.25, -0.2) is 8.42 Å². The van der Waals surface area contributed by atoms with E-state index in [0.29, 0.717) is 12.3 Å². The molecule has 1 saturated heterocycles. The molecule has 1 heterocycles. The zero-order chi connectivity index (χ0) is 10.1.